The van der Waals surface area contributed by atoms with Crippen LogP contribution >= 0.6 is 0 Å². The Morgan fingerprint density at radius 3 is 2.84 bits per heavy atom. The zero-order valence-electron chi connectivity index (χ0n) is 14.5. The maximum absolute atomic E-state index is 12.5. The Labute approximate surface area is 148 Å². The van der Waals surface area contributed by atoms with Crippen LogP contribution in [-0.4, -0.2) is 35.0 Å². The first-order valence-electron chi connectivity index (χ1n) is 9.01. The van der Waals surface area contributed by atoms with Crippen LogP contribution in [0.25, 0.3) is 0 Å². The minimum Gasteiger partial charge on any atom is -0.508 e. The van der Waals surface area contributed by atoms with Gasteiger partial charge in [0.05, 0.1) is 6.54 Å². The van der Waals surface area contributed by atoms with Gasteiger partial charge in [-0.2, -0.15) is 0 Å². The van der Waals surface area contributed by atoms with Gasteiger partial charge in [-0.25, -0.2) is 0 Å². The fourth-order valence-electron chi connectivity index (χ4n) is 4.43. The zero-order valence-corrected chi connectivity index (χ0v) is 14.5. The highest BCUT2D eigenvalue weighted by Gasteiger charge is 2.39. The van der Waals surface area contributed by atoms with Crippen LogP contribution in [0.3, 0.4) is 0 Å². The number of piperidine rings is 1. The molecule has 1 saturated heterocycles. The van der Waals surface area contributed by atoms with Crippen LogP contribution in [0.15, 0.2) is 48.5 Å². The monoisotopic (exact) mass is 336 g/mol. The third-order valence-electron chi connectivity index (χ3n) is 5.64. The van der Waals surface area contributed by atoms with Crippen molar-refractivity contribution in [2.24, 2.45) is 5.92 Å². The van der Waals surface area contributed by atoms with Crippen LogP contribution in [0.5, 0.6) is 5.75 Å². The number of anilines is 1. The van der Waals surface area contributed by atoms with Crippen molar-refractivity contribution in [3.8, 4) is 5.75 Å². The lowest BCUT2D eigenvalue weighted by Gasteiger charge is -2.47. The van der Waals surface area contributed by atoms with Crippen molar-refractivity contribution in [3.05, 3.63) is 59.7 Å². The van der Waals surface area contributed by atoms with Gasteiger partial charge >= 0.3 is 0 Å². The number of likely N-dealkylation sites (tertiary alicyclic amines) is 1. The summed E-state index contributed by atoms with van der Waals surface area (Å²) in [6.07, 6.45) is 2.02. The van der Waals surface area contributed by atoms with E-state index in [0.29, 0.717) is 30.2 Å². The van der Waals surface area contributed by atoms with Crippen molar-refractivity contribution >= 4 is 11.6 Å². The maximum atomic E-state index is 12.5. The van der Waals surface area contributed by atoms with E-state index >= 15 is 0 Å². The number of fused-ring (bicyclic) bond motifs is 4. The fourth-order valence-corrected chi connectivity index (χ4v) is 4.43. The third kappa shape index (κ3) is 3.27. The molecule has 0 radical (unpaired) electrons. The molecule has 1 aliphatic heterocycles. The highest BCUT2D eigenvalue weighted by atomic mass is 16.3. The Kier molecular flexibility index (Phi) is 4.22. The van der Waals surface area contributed by atoms with Crippen molar-refractivity contribution in [2.45, 2.75) is 31.7 Å². The second-order valence-electron chi connectivity index (χ2n) is 7.40. The molecule has 1 heterocycles. The topological polar surface area (TPSA) is 52.6 Å². The average molecular weight is 336 g/mol. The maximum Gasteiger partial charge on any atom is 0.238 e. The van der Waals surface area contributed by atoms with E-state index in [4.69, 9.17) is 0 Å². The first kappa shape index (κ1) is 16.2. The summed E-state index contributed by atoms with van der Waals surface area (Å²) in [6, 6.07) is 15.8. The van der Waals surface area contributed by atoms with Gasteiger partial charge in [0.15, 0.2) is 0 Å². The number of hydrogen-bond donors (Lipinski definition) is 2. The van der Waals surface area contributed by atoms with Gasteiger partial charge in [-0.15, -0.1) is 0 Å². The van der Waals surface area contributed by atoms with Gasteiger partial charge in [0.25, 0.3) is 0 Å². The molecule has 2 bridgehead atoms. The molecule has 2 aromatic rings. The van der Waals surface area contributed by atoms with E-state index in [1.165, 1.54) is 11.1 Å². The summed E-state index contributed by atoms with van der Waals surface area (Å²) in [5, 5.41) is 12.8. The Bertz CT molecular complexity index is 775. The van der Waals surface area contributed by atoms with Gasteiger partial charge in [-0.05, 0) is 60.1 Å². The first-order chi connectivity index (χ1) is 12.1. The summed E-state index contributed by atoms with van der Waals surface area (Å²) in [7, 11) is 0. The Hall–Kier alpha value is -2.33. The van der Waals surface area contributed by atoms with Gasteiger partial charge in [-0.1, -0.05) is 31.2 Å². The number of hydrogen-bond acceptors (Lipinski definition) is 3. The minimum absolute atomic E-state index is 0.0494. The van der Waals surface area contributed by atoms with Gasteiger partial charge in [0, 0.05) is 18.3 Å². The molecule has 1 aliphatic carbocycles. The van der Waals surface area contributed by atoms with E-state index < -0.39 is 0 Å². The molecule has 130 valence electrons. The number of para-hydroxylation sites is 1. The molecule has 2 N–H and O–H groups in total. The smallest absolute Gasteiger partial charge is 0.238 e. The number of aromatic hydroxyl groups is 1. The molecule has 4 rings (SSSR count). The number of phenols is 1. The molecular weight excluding hydrogens is 312 g/mol. The van der Waals surface area contributed by atoms with Crippen LogP contribution < -0.4 is 5.32 Å². The summed E-state index contributed by atoms with van der Waals surface area (Å²) in [6.45, 7) is 3.61. The summed E-state index contributed by atoms with van der Waals surface area (Å²) < 4.78 is 0. The molecule has 1 fully saturated rings. The molecule has 2 aromatic carbocycles. The Morgan fingerprint density at radius 2 is 2.04 bits per heavy atom. The van der Waals surface area contributed by atoms with E-state index in [-0.39, 0.29) is 5.91 Å². The van der Waals surface area contributed by atoms with Crippen LogP contribution in [0, 0.1) is 5.92 Å². The van der Waals surface area contributed by atoms with Crippen LogP contribution in [0.4, 0.5) is 5.69 Å². The number of nitrogens with zero attached hydrogens (tertiary/aromatic N) is 1. The second-order valence-corrected chi connectivity index (χ2v) is 7.40. The van der Waals surface area contributed by atoms with Gasteiger partial charge in [0.1, 0.15) is 5.75 Å². The minimum atomic E-state index is 0.0494. The SMILES string of the molecule is C[C@@H]1CN(CC(=O)Nc2ccccc2)[C@@H]2Cc3ccc(O)cc3[C@H]1C2. The van der Waals surface area contributed by atoms with Gasteiger partial charge in [0.2, 0.25) is 5.91 Å². The molecule has 0 unspecified atom stereocenters. The molecule has 4 heteroatoms. The molecule has 3 atom stereocenters. The second kappa shape index (κ2) is 6.52. The molecule has 0 spiro atoms. The van der Waals surface area contributed by atoms with Crippen molar-refractivity contribution < 1.29 is 9.90 Å². The van der Waals surface area contributed by atoms with E-state index in [1.807, 2.05) is 42.5 Å². The van der Waals surface area contributed by atoms with Gasteiger partial charge in [-0.3, -0.25) is 9.69 Å². The summed E-state index contributed by atoms with van der Waals surface area (Å²) in [5.74, 6) is 1.36. The van der Waals surface area contributed by atoms with Crippen LogP contribution in [-0.2, 0) is 11.2 Å². The standard InChI is InChI=1S/C21H24N2O2/c1-14-12-23(13-21(25)22-16-5-3-2-4-6-16)17-9-15-7-8-18(24)11-20(15)19(14)10-17/h2-8,11,14,17,19,24H,9-10,12-13H2,1H3,(H,22,25)/t14-,17-,19+/m1/s1. The van der Waals surface area contributed by atoms with E-state index in [1.54, 1.807) is 6.07 Å². The van der Waals surface area contributed by atoms with Crippen molar-refractivity contribution in [3.63, 3.8) is 0 Å². The Balaban J connectivity index is 1.48. The average Bonchev–Trinajstić information content (AvgIpc) is 2.60. The van der Waals surface area contributed by atoms with Gasteiger partial charge < -0.3 is 10.4 Å². The number of rotatable bonds is 3. The highest BCUT2D eigenvalue weighted by Crippen LogP contribution is 2.43. The number of carbonyl (C=O) groups excluding carboxylic acids is 1. The largest absolute Gasteiger partial charge is 0.508 e. The van der Waals surface area contributed by atoms with E-state index in [2.05, 4.69) is 17.1 Å². The predicted molar refractivity (Wildman–Crippen MR) is 98.8 cm³/mol. The summed E-state index contributed by atoms with van der Waals surface area (Å²) in [5.41, 5.74) is 3.47. The van der Waals surface area contributed by atoms with Crippen molar-refractivity contribution in [1.82, 2.24) is 4.90 Å². The lowest BCUT2D eigenvalue weighted by Crippen LogP contribution is -2.51. The zero-order chi connectivity index (χ0) is 17.4. The lowest BCUT2D eigenvalue weighted by atomic mass is 9.71. The van der Waals surface area contributed by atoms with Crippen molar-refractivity contribution in [1.29, 1.82) is 0 Å². The molecule has 0 aromatic heterocycles. The third-order valence-corrected chi connectivity index (χ3v) is 5.64. The summed E-state index contributed by atoms with van der Waals surface area (Å²) in [4.78, 5) is 14.8. The Morgan fingerprint density at radius 1 is 1.24 bits per heavy atom. The number of amides is 1. The number of nitrogens with one attached hydrogen (secondary N) is 1. The van der Waals surface area contributed by atoms with E-state index in [9.17, 15) is 9.90 Å². The molecule has 25 heavy (non-hydrogen) atoms. The predicted octanol–water partition coefficient (Wildman–Crippen LogP) is 3.38. The number of phenolic OH excluding ortho intramolecular Hbond substituents is 1. The molecule has 4 nitrogen and oxygen atoms in total. The first-order valence-corrected chi connectivity index (χ1v) is 9.01. The molecule has 2 aliphatic rings. The van der Waals surface area contributed by atoms with E-state index in [0.717, 1.165) is 25.1 Å². The van der Waals surface area contributed by atoms with Crippen molar-refractivity contribution in [2.75, 3.05) is 18.4 Å². The molecule has 1 amide bonds. The lowest BCUT2D eigenvalue weighted by molar-refractivity contribution is -0.118. The number of benzene rings is 2. The number of carbonyl (C=O) groups is 1. The fraction of sp³-hybridized carbons (Fsp3) is 0.381. The highest BCUT2D eigenvalue weighted by molar-refractivity contribution is 5.92. The molecular formula is C21H24N2O2. The van der Waals surface area contributed by atoms with Crippen LogP contribution in [0.1, 0.15) is 30.4 Å². The summed E-state index contributed by atoms with van der Waals surface area (Å²) >= 11 is 0. The molecule has 0 saturated carbocycles. The van der Waals surface area contributed by atoms with Crippen LogP contribution in [0.2, 0.25) is 0 Å². The normalized spacial score (nSPS) is 25.2. The quantitative estimate of drug-likeness (QED) is 0.903.